The molecule has 6 nitrogen and oxygen atoms in total. The summed E-state index contributed by atoms with van der Waals surface area (Å²) in [6, 6.07) is 6.75. The van der Waals surface area contributed by atoms with E-state index < -0.39 is 12.1 Å². The number of aliphatic hydroxyl groups excluding tert-OH is 1. The highest BCUT2D eigenvalue weighted by Crippen LogP contribution is 2.65. The van der Waals surface area contributed by atoms with Crippen LogP contribution in [0, 0.1) is 16.7 Å². The van der Waals surface area contributed by atoms with E-state index in [9.17, 15) is 14.7 Å². The van der Waals surface area contributed by atoms with Crippen molar-refractivity contribution in [1.82, 2.24) is 5.32 Å². The number of carboxylic acids is 1. The lowest BCUT2D eigenvalue weighted by molar-refractivity contribution is -0.137. The monoisotopic (exact) mass is 375 g/mol. The largest absolute Gasteiger partial charge is 0.491 e. The number of carboxylic acid groups (broad SMARTS) is 1. The first-order valence-corrected chi connectivity index (χ1v) is 9.64. The molecule has 0 saturated heterocycles. The van der Waals surface area contributed by atoms with Crippen LogP contribution in [0.15, 0.2) is 24.3 Å². The fourth-order valence-corrected chi connectivity index (χ4v) is 4.90. The van der Waals surface area contributed by atoms with Crippen molar-refractivity contribution >= 4 is 11.9 Å². The molecule has 2 aliphatic carbocycles. The Balaban J connectivity index is 1.45. The highest BCUT2D eigenvalue weighted by atomic mass is 16.5. The van der Waals surface area contributed by atoms with Crippen LogP contribution in [0.2, 0.25) is 0 Å². The molecule has 0 aliphatic heterocycles. The van der Waals surface area contributed by atoms with Gasteiger partial charge in [0.2, 0.25) is 5.91 Å². The van der Waals surface area contributed by atoms with Gasteiger partial charge in [-0.2, -0.15) is 0 Å². The zero-order chi connectivity index (χ0) is 19.7. The predicted molar refractivity (Wildman–Crippen MR) is 100 cm³/mol. The van der Waals surface area contributed by atoms with Gasteiger partial charge in [-0.05, 0) is 54.7 Å². The molecule has 27 heavy (non-hydrogen) atoms. The molecular weight excluding hydrogens is 346 g/mol. The number of rotatable bonds is 8. The quantitative estimate of drug-likeness (QED) is 0.648. The third-order valence-corrected chi connectivity index (χ3v) is 6.75. The van der Waals surface area contributed by atoms with Gasteiger partial charge in [0.15, 0.2) is 0 Å². The second-order valence-electron chi connectivity index (χ2n) is 8.47. The molecule has 3 rings (SSSR count). The molecule has 2 aliphatic rings. The van der Waals surface area contributed by atoms with E-state index in [2.05, 4.69) is 19.2 Å². The molecule has 148 valence electrons. The molecule has 0 spiro atoms. The number of nitrogens with one attached hydrogen (secondary N) is 1. The Hall–Kier alpha value is -2.08. The van der Waals surface area contributed by atoms with Gasteiger partial charge in [-0.15, -0.1) is 0 Å². The van der Waals surface area contributed by atoms with E-state index in [1.165, 1.54) is 0 Å². The van der Waals surface area contributed by atoms with Gasteiger partial charge < -0.3 is 20.3 Å². The van der Waals surface area contributed by atoms with E-state index in [1.54, 1.807) is 24.3 Å². The maximum Gasteiger partial charge on any atom is 0.307 e. The van der Waals surface area contributed by atoms with E-state index in [-0.39, 0.29) is 36.3 Å². The first-order valence-electron chi connectivity index (χ1n) is 9.64. The van der Waals surface area contributed by atoms with Gasteiger partial charge in [0.1, 0.15) is 18.5 Å². The van der Waals surface area contributed by atoms with Crippen LogP contribution in [0.25, 0.3) is 0 Å². The number of carbonyl (C=O) groups excluding carboxylic acids is 1. The molecule has 1 amide bonds. The highest BCUT2D eigenvalue weighted by molar-refractivity contribution is 5.84. The van der Waals surface area contributed by atoms with Gasteiger partial charge in [-0.1, -0.05) is 26.0 Å². The Morgan fingerprint density at radius 2 is 1.85 bits per heavy atom. The van der Waals surface area contributed by atoms with Crippen molar-refractivity contribution in [3.63, 3.8) is 0 Å². The predicted octanol–water partition coefficient (Wildman–Crippen LogP) is 2.39. The van der Waals surface area contributed by atoms with Crippen molar-refractivity contribution in [2.24, 2.45) is 16.7 Å². The van der Waals surface area contributed by atoms with Crippen LogP contribution in [0.1, 0.15) is 45.1 Å². The molecule has 1 unspecified atom stereocenters. The lowest BCUT2D eigenvalue weighted by Crippen LogP contribution is -2.48. The lowest BCUT2D eigenvalue weighted by Gasteiger charge is -2.36. The van der Waals surface area contributed by atoms with E-state index in [4.69, 9.17) is 9.84 Å². The number of ether oxygens (including phenoxy) is 1. The molecule has 2 bridgehead atoms. The number of hydrogen-bond acceptors (Lipinski definition) is 4. The van der Waals surface area contributed by atoms with Crippen molar-refractivity contribution in [2.75, 3.05) is 13.2 Å². The lowest BCUT2D eigenvalue weighted by atomic mass is 9.68. The van der Waals surface area contributed by atoms with Crippen molar-refractivity contribution < 1.29 is 24.5 Å². The summed E-state index contributed by atoms with van der Waals surface area (Å²) < 4.78 is 5.54. The summed E-state index contributed by atoms with van der Waals surface area (Å²) in [5.41, 5.74) is 0.421. The van der Waals surface area contributed by atoms with Gasteiger partial charge in [-0.3, -0.25) is 9.59 Å². The number of carbonyl (C=O) groups is 2. The Morgan fingerprint density at radius 1 is 1.22 bits per heavy atom. The molecule has 2 saturated carbocycles. The van der Waals surface area contributed by atoms with Crippen molar-refractivity contribution in [3.05, 3.63) is 29.8 Å². The van der Waals surface area contributed by atoms with E-state index in [0.717, 1.165) is 25.7 Å². The number of benzene rings is 1. The first-order chi connectivity index (χ1) is 12.7. The standard InChI is InChI=1S/C21H29NO5/c1-20(2)15-7-9-21(20,10-8-15)19(26)22-12-16(23)13-27-17-5-3-14(4-6-17)11-18(24)25/h3-6,15-16,23H,7-13H2,1-2H3,(H,22,26)(H,24,25). The van der Waals surface area contributed by atoms with Crippen molar-refractivity contribution in [2.45, 2.75) is 52.1 Å². The Bertz CT molecular complexity index is 689. The first kappa shape index (κ1) is 19.7. The molecular formula is C21H29NO5. The third kappa shape index (κ3) is 3.81. The molecule has 0 heterocycles. The molecule has 0 radical (unpaired) electrons. The average Bonchev–Trinajstić information content (AvgIpc) is 3.04. The normalized spacial score (nSPS) is 26.6. The molecule has 0 aromatic heterocycles. The zero-order valence-electron chi connectivity index (χ0n) is 16.0. The van der Waals surface area contributed by atoms with Crippen LogP contribution in [0.4, 0.5) is 0 Å². The van der Waals surface area contributed by atoms with Crippen LogP contribution in [-0.2, 0) is 16.0 Å². The van der Waals surface area contributed by atoms with Crippen LogP contribution >= 0.6 is 0 Å². The summed E-state index contributed by atoms with van der Waals surface area (Å²) in [5, 5.41) is 21.9. The maximum atomic E-state index is 12.8. The number of fused-ring (bicyclic) bond motifs is 2. The van der Waals surface area contributed by atoms with Crippen molar-refractivity contribution in [1.29, 1.82) is 0 Å². The van der Waals surface area contributed by atoms with Gasteiger partial charge >= 0.3 is 5.97 Å². The molecule has 1 aromatic carbocycles. The van der Waals surface area contributed by atoms with Crippen LogP contribution in [-0.4, -0.2) is 41.3 Å². The Kier molecular flexibility index (Phi) is 5.47. The number of hydrogen-bond donors (Lipinski definition) is 3. The fourth-order valence-electron chi connectivity index (χ4n) is 4.90. The van der Waals surface area contributed by atoms with Crippen LogP contribution < -0.4 is 10.1 Å². The van der Waals surface area contributed by atoms with Gasteiger partial charge in [-0.25, -0.2) is 0 Å². The minimum atomic E-state index is -0.881. The van der Waals surface area contributed by atoms with E-state index >= 15 is 0 Å². The molecule has 1 atom stereocenters. The summed E-state index contributed by atoms with van der Waals surface area (Å²) in [4.78, 5) is 23.5. The average molecular weight is 375 g/mol. The van der Waals surface area contributed by atoms with Gasteiger partial charge in [0, 0.05) is 6.54 Å². The second-order valence-corrected chi connectivity index (χ2v) is 8.47. The number of aliphatic hydroxyl groups is 1. The minimum absolute atomic E-state index is 0.0240. The third-order valence-electron chi connectivity index (χ3n) is 6.75. The Morgan fingerprint density at radius 3 is 2.37 bits per heavy atom. The van der Waals surface area contributed by atoms with E-state index in [1.807, 2.05) is 0 Å². The summed E-state index contributed by atoms with van der Waals surface area (Å²) in [6.07, 6.45) is 3.27. The highest BCUT2D eigenvalue weighted by Gasteiger charge is 2.62. The summed E-state index contributed by atoms with van der Waals surface area (Å²) in [7, 11) is 0. The minimum Gasteiger partial charge on any atom is -0.491 e. The van der Waals surface area contributed by atoms with Gasteiger partial charge in [0.05, 0.1) is 11.8 Å². The molecule has 6 heteroatoms. The van der Waals surface area contributed by atoms with Crippen LogP contribution in [0.3, 0.4) is 0 Å². The fraction of sp³-hybridized carbons (Fsp3) is 0.619. The van der Waals surface area contributed by atoms with E-state index in [0.29, 0.717) is 17.2 Å². The van der Waals surface area contributed by atoms with Gasteiger partial charge in [0.25, 0.3) is 0 Å². The molecule has 2 fully saturated rings. The number of aliphatic carboxylic acids is 1. The summed E-state index contributed by atoms with van der Waals surface area (Å²) in [6.45, 7) is 4.63. The van der Waals surface area contributed by atoms with Crippen molar-refractivity contribution in [3.8, 4) is 5.75 Å². The smallest absolute Gasteiger partial charge is 0.307 e. The SMILES string of the molecule is CC1(C)C2CCC1(C(=O)NCC(O)COc1ccc(CC(=O)O)cc1)CC2. The van der Waals surface area contributed by atoms with Crippen LogP contribution in [0.5, 0.6) is 5.75 Å². The summed E-state index contributed by atoms with van der Waals surface area (Å²) in [5.74, 6) is 0.363. The maximum absolute atomic E-state index is 12.8. The number of amides is 1. The summed E-state index contributed by atoms with van der Waals surface area (Å²) >= 11 is 0. The zero-order valence-corrected chi connectivity index (χ0v) is 16.0. The second kappa shape index (κ2) is 7.50. The topological polar surface area (TPSA) is 95.9 Å². The molecule has 1 aromatic rings. The molecule has 3 N–H and O–H groups in total. The Labute approximate surface area is 159 Å².